The van der Waals surface area contributed by atoms with Crippen molar-refractivity contribution in [3.63, 3.8) is 0 Å². The molecule has 174 valence electrons. The first-order valence-corrected chi connectivity index (χ1v) is 10.3. The van der Waals surface area contributed by atoms with Gasteiger partial charge >= 0.3 is 6.18 Å². The number of nitrogens with one attached hydrogen (secondary N) is 1. The van der Waals surface area contributed by atoms with Gasteiger partial charge in [-0.15, -0.1) is 0 Å². The number of hydrogen-bond acceptors (Lipinski definition) is 6. The first kappa shape index (κ1) is 23.3. The van der Waals surface area contributed by atoms with Crippen LogP contribution in [-0.2, 0) is 10.9 Å². The number of halogens is 5. The van der Waals surface area contributed by atoms with E-state index in [-0.39, 0.29) is 27.7 Å². The number of methoxy groups -OCH3 is 1. The van der Waals surface area contributed by atoms with Gasteiger partial charge in [0, 0.05) is 7.11 Å². The second-order valence-corrected chi connectivity index (χ2v) is 7.84. The number of anilines is 1. The molecular weight excluding hydrogens is 484 g/mol. The van der Waals surface area contributed by atoms with Crippen LogP contribution >= 0.6 is 23.2 Å². The van der Waals surface area contributed by atoms with Crippen LogP contribution in [0.1, 0.15) is 36.2 Å². The Morgan fingerprint density at radius 2 is 1.91 bits per heavy atom. The Bertz CT molecular complexity index is 1310. The largest absolute Gasteiger partial charge is 0.433 e. The lowest BCUT2D eigenvalue weighted by molar-refractivity contribution is -0.144. The lowest BCUT2D eigenvalue weighted by atomic mass is 10.2. The first-order valence-electron chi connectivity index (χ1n) is 9.52. The van der Waals surface area contributed by atoms with E-state index in [2.05, 4.69) is 20.5 Å². The number of aromatic nitrogens is 5. The Morgan fingerprint density at radius 3 is 2.58 bits per heavy atom. The van der Waals surface area contributed by atoms with Gasteiger partial charge in [-0.25, -0.2) is 9.20 Å². The average Bonchev–Trinajstić information content (AvgIpc) is 3.41. The van der Waals surface area contributed by atoms with Crippen molar-refractivity contribution in [3.8, 4) is 5.69 Å². The molecule has 4 aromatic rings. The van der Waals surface area contributed by atoms with Crippen LogP contribution in [0.3, 0.4) is 0 Å². The highest BCUT2D eigenvalue weighted by atomic mass is 35.5. The molecular formula is C20H17Cl2F3N6O2. The quantitative estimate of drug-likeness (QED) is 0.284. The van der Waals surface area contributed by atoms with Crippen LogP contribution in [0.25, 0.3) is 11.2 Å². The maximum absolute atomic E-state index is 14.1. The van der Waals surface area contributed by atoms with Crippen molar-refractivity contribution in [1.82, 2.24) is 24.4 Å². The number of aliphatic hydroxyl groups excluding tert-OH is 1. The molecule has 0 aliphatic rings. The average molecular weight is 501 g/mol. The van der Waals surface area contributed by atoms with Crippen molar-refractivity contribution in [2.75, 3.05) is 12.4 Å². The SMILES string of the molecule is CO[C@H](C)c1ncc(NC(O)c2cnn(-c3ccc(Cl)n4nccc34)c2C(F)(F)F)cc1Cl. The van der Waals surface area contributed by atoms with E-state index in [1.807, 2.05) is 0 Å². The number of pyridine rings is 2. The van der Waals surface area contributed by atoms with E-state index in [1.54, 1.807) is 6.92 Å². The standard InChI is InChI=1S/C20H17Cl2F3N6O2/c1-10(33-2)17-13(21)7-11(8-26-17)29-19(32)12-9-28-31(18(12)20(23,24)25)14-3-4-16(22)30-15(14)5-6-27-30/h3-10,19,29,32H,1-2H3/t10-,19?/m1/s1. The first-order chi connectivity index (χ1) is 15.6. The van der Waals surface area contributed by atoms with Gasteiger partial charge in [0.25, 0.3) is 0 Å². The lowest BCUT2D eigenvalue weighted by Gasteiger charge is -2.18. The van der Waals surface area contributed by atoms with Crippen LogP contribution in [0.15, 0.2) is 42.9 Å². The molecule has 4 heterocycles. The van der Waals surface area contributed by atoms with Gasteiger partial charge in [0.15, 0.2) is 11.9 Å². The molecule has 0 saturated heterocycles. The van der Waals surface area contributed by atoms with Crippen molar-refractivity contribution < 1.29 is 23.0 Å². The summed E-state index contributed by atoms with van der Waals surface area (Å²) in [6, 6.07) is 5.75. The van der Waals surface area contributed by atoms with Gasteiger partial charge in [-0.1, -0.05) is 23.2 Å². The molecule has 0 aromatic carbocycles. The highest BCUT2D eigenvalue weighted by Crippen LogP contribution is 2.37. The predicted molar refractivity (Wildman–Crippen MR) is 116 cm³/mol. The predicted octanol–water partition coefficient (Wildman–Crippen LogP) is 5.05. The number of rotatable bonds is 6. The Kier molecular flexibility index (Phi) is 6.23. The fourth-order valence-corrected chi connectivity index (χ4v) is 3.87. The monoisotopic (exact) mass is 500 g/mol. The van der Waals surface area contributed by atoms with Crippen molar-refractivity contribution in [1.29, 1.82) is 0 Å². The summed E-state index contributed by atoms with van der Waals surface area (Å²) in [5.41, 5.74) is -0.577. The fraction of sp³-hybridized carbons (Fsp3) is 0.250. The Labute approximate surface area is 195 Å². The summed E-state index contributed by atoms with van der Waals surface area (Å²) in [5, 5.41) is 21.5. The Hall–Kier alpha value is -2.86. The third-order valence-corrected chi connectivity index (χ3v) is 5.58. The van der Waals surface area contributed by atoms with Gasteiger partial charge in [-0.2, -0.15) is 23.4 Å². The summed E-state index contributed by atoms with van der Waals surface area (Å²) >= 11 is 12.3. The summed E-state index contributed by atoms with van der Waals surface area (Å²) in [5.74, 6) is 0. The number of ether oxygens (including phenoxy) is 1. The molecule has 1 unspecified atom stereocenters. The molecule has 0 spiro atoms. The Morgan fingerprint density at radius 1 is 1.15 bits per heavy atom. The number of nitrogens with zero attached hydrogens (tertiary/aromatic N) is 5. The second-order valence-electron chi connectivity index (χ2n) is 7.04. The van der Waals surface area contributed by atoms with Crippen molar-refractivity contribution in [2.45, 2.75) is 25.4 Å². The van der Waals surface area contributed by atoms with Gasteiger partial charge in [-0.3, -0.25) is 4.98 Å². The summed E-state index contributed by atoms with van der Waals surface area (Å²) in [7, 11) is 1.49. The minimum Gasteiger partial charge on any atom is -0.375 e. The van der Waals surface area contributed by atoms with E-state index in [1.165, 1.54) is 48.3 Å². The van der Waals surface area contributed by atoms with Crippen LogP contribution in [0.5, 0.6) is 0 Å². The zero-order valence-electron chi connectivity index (χ0n) is 17.2. The molecule has 2 atom stereocenters. The van der Waals surface area contributed by atoms with Gasteiger partial charge in [-0.05, 0) is 31.2 Å². The number of alkyl halides is 3. The molecule has 0 aliphatic heterocycles. The molecule has 2 N–H and O–H groups in total. The highest BCUT2D eigenvalue weighted by Gasteiger charge is 2.40. The second kappa shape index (κ2) is 8.82. The van der Waals surface area contributed by atoms with Gasteiger partial charge in [0.1, 0.15) is 5.15 Å². The fourth-order valence-electron chi connectivity index (χ4n) is 3.35. The van der Waals surface area contributed by atoms with Crippen LogP contribution in [-0.4, -0.2) is 36.6 Å². The topological polar surface area (TPSA) is 89.5 Å². The third-order valence-electron chi connectivity index (χ3n) is 4.99. The van der Waals surface area contributed by atoms with E-state index >= 15 is 0 Å². The van der Waals surface area contributed by atoms with Crippen LogP contribution in [0.2, 0.25) is 10.2 Å². The third kappa shape index (κ3) is 4.36. The van der Waals surface area contributed by atoms with Gasteiger partial charge < -0.3 is 15.2 Å². The summed E-state index contributed by atoms with van der Waals surface area (Å²) in [6.07, 6.45) is -3.29. The zero-order valence-corrected chi connectivity index (χ0v) is 18.7. The number of hydrogen-bond donors (Lipinski definition) is 2. The summed E-state index contributed by atoms with van der Waals surface area (Å²) in [6.45, 7) is 1.74. The van der Waals surface area contributed by atoms with Crippen molar-refractivity contribution in [2.24, 2.45) is 0 Å². The molecule has 0 bridgehead atoms. The van der Waals surface area contributed by atoms with E-state index in [0.717, 1.165) is 6.20 Å². The molecule has 0 saturated carbocycles. The molecule has 33 heavy (non-hydrogen) atoms. The van der Waals surface area contributed by atoms with Crippen molar-refractivity contribution >= 4 is 34.4 Å². The molecule has 0 radical (unpaired) electrons. The minimum atomic E-state index is -4.83. The van der Waals surface area contributed by atoms with Gasteiger partial charge in [0.05, 0.1) is 57.9 Å². The summed E-state index contributed by atoms with van der Waals surface area (Å²) < 4.78 is 49.4. The smallest absolute Gasteiger partial charge is 0.375 e. The highest BCUT2D eigenvalue weighted by molar-refractivity contribution is 6.31. The number of aliphatic hydroxyl groups is 1. The lowest BCUT2D eigenvalue weighted by Crippen LogP contribution is -2.20. The van der Waals surface area contributed by atoms with Crippen LogP contribution in [0.4, 0.5) is 18.9 Å². The minimum absolute atomic E-state index is 0.0882. The molecule has 0 aliphatic carbocycles. The molecule has 13 heteroatoms. The molecule has 0 amide bonds. The zero-order chi connectivity index (χ0) is 23.9. The van der Waals surface area contributed by atoms with E-state index in [4.69, 9.17) is 27.9 Å². The van der Waals surface area contributed by atoms with Crippen LogP contribution in [0, 0.1) is 0 Å². The van der Waals surface area contributed by atoms with Crippen LogP contribution < -0.4 is 5.32 Å². The molecule has 4 aromatic heterocycles. The van der Waals surface area contributed by atoms with Crippen molar-refractivity contribution in [3.05, 3.63) is 70.0 Å². The molecule has 8 nitrogen and oxygen atoms in total. The molecule has 4 rings (SSSR count). The molecule has 0 fully saturated rings. The van der Waals surface area contributed by atoms with E-state index in [0.29, 0.717) is 15.9 Å². The maximum Gasteiger partial charge on any atom is 0.433 e. The summed E-state index contributed by atoms with van der Waals surface area (Å²) in [4.78, 5) is 4.16. The normalized spacial score (nSPS) is 13.9. The van der Waals surface area contributed by atoms with Gasteiger partial charge in [0.2, 0.25) is 0 Å². The number of fused-ring (bicyclic) bond motifs is 1. The van der Waals surface area contributed by atoms with E-state index in [9.17, 15) is 18.3 Å². The van der Waals surface area contributed by atoms with E-state index < -0.39 is 23.7 Å². The maximum atomic E-state index is 14.1. The Balaban J connectivity index is 1.73.